The lowest BCUT2D eigenvalue weighted by atomic mass is 10.0. The molecule has 2 fully saturated rings. The maximum Gasteiger partial charge on any atom is 0.255 e. The molecule has 0 aromatic heterocycles. The smallest absolute Gasteiger partial charge is 0.255 e. The van der Waals surface area contributed by atoms with Crippen LogP contribution in [0.25, 0.3) is 0 Å². The molecule has 0 radical (unpaired) electrons. The molecule has 0 spiro atoms. The molecule has 154 valence electrons. The van der Waals surface area contributed by atoms with Crippen LogP contribution in [0.2, 0.25) is 0 Å². The normalized spacial score (nSPS) is 21.2. The van der Waals surface area contributed by atoms with Crippen molar-refractivity contribution in [3.05, 3.63) is 54.1 Å². The number of benzene rings is 2. The zero-order valence-electron chi connectivity index (χ0n) is 17.4. The zero-order valence-corrected chi connectivity index (χ0v) is 17.4. The molecule has 1 N–H and O–H groups in total. The number of nitrogens with one attached hydrogen (secondary N) is 1. The molecular formula is C24H31N3O2. The van der Waals surface area contributed by atoms with Crippen molar-refractivity contribution in [3.8, 4) is 5.75 Å². The molecule has 1 amide bonds. The Balaban J connectivity index is 1.34. The second-order valence-electron chi connectivity index (χ2n) is 8.26. The minimum Gasteiger partial charge on any atom is -0.494 e. The molecule has 2 heterocycles. The van der Waals surface area contributed by atoms with Crippen LogP contribution < -0.4 is 15.0 Å². The van der Waals surface area contributed by atoms with Crippen molar-refractivity contribution in [1.29, 1.82) is 0 Å². The molecule has 2 saturated heterocycles. The van der Waals surface area contributed by atoms with Crippen LogP contribution in [0, 0.1) is 5.92 Å². The van der Waals surface area contributed by atoms with Crippen LogP contribution in [0.3, 0.4) is 0 Å². The Morgan fingerprint density at radius 2 is 1.86 bits per heavy atom. The van der Waals surface area contributed by atoms with Crippen molar-refractivity contribution in [2.45, 2.75) is 32.2 Å². The molecule has 0 bridgehead atoms. The van der Waals surface area contributed by atoms with Crippen LogP contribution in [-0.4, -0.2) is 50.1 Å². The van der Waals surface area contributed by atoms with E-state index in [0.717, 1.165) is 43.3 Å². The number of anilines is 2. The third-order valence-corrected chi connectivity index (χ3v) is 6.07. The average Bonchev–Trinajstić information content (AvgIpc) is 3.28. The molecule has 2 aliphatic rings. The molecule has 29 heavy (non-hydrogen) atoms. The van der Waals surface area contributed by atoms with Gasteiger partial charge in [0.05, 0.1) is 6.61 Å². The highest BCUT2D eigenvalue weighted by Gasteiger charge is 2.39. The summed E-state index contributed by atoms with van der Waals surface area (Å²) in [4.78, 5) is 17.5. The van der Waals surface area contributed by atoms with Gasteiger partial charge in [-0.15, -0.1) is 0 Å². The van der Waals surface area contributed by atoms with Crippen LogP contribution in [0.5, 0.6) is 5.75 Å². The van der Waals surface area contributed by atoms with Gasteiger partial charge in [0.2, 0.25) is 0 Å². The van der Waals surface area contributed by atoms with Gasteiger partial charge in [-0.3, -0.25) is 4.79 Å². The van der Waals surface area contributed by atoms with Crippen molar-refractivity contribution >= 4 is 17.3 Å². The van der Waals surface area contributed by atoms with Crippen LogP contribution in [0.4, 0.5) is 11.4 Å². The molecule has 2 aromatic carbocycles. The molecule has 0 aliphatic carbocycles. The van der Waals surface area contributed by atoms with E-state index < -0.39 is 0 Å². The molecule has 2 atom stereocenters. The second-order valence-corrected chi connectivity index (χ2v) is 8.26. The number of rotatable bonds is 7. The Bertz CT molecular complexity index is 819. The van der Waals surface area contributed by atoms with Gasteiger partial charge in [-0.2, -0.15) is 0 Å². The maximum absolute atomic E-state index is 12.5. The zero-order chi connectivity index (χ0) is 20.2. The predicted octanol–water partition coefficient (Wildman–Crippen LogP) is 4.26. The van der Waals surface area contributed by atoms with Gasteiger partial charge in [-0.1, -0.05) is 13.3 Å². The minimum absolute atomic E-state index is 0.100. The average molecular weight is 394 g/mol. The molecule has 0 saturated carbocycles. The molecule has 0 unspecified atom stereocenters. The summed E-state index contributed by atoms with van der Waals surface area (Å²) in [6.07, 6.45) is 3.41. The summed E-state index contributed by atoms with van der Waals surface area (Å²) in [7, 11) is 2.21. The molecule has 5 heteroatoms. The largest absolute Gasteiger partial charge is 0.494 e. The van der Waals surface area contributed by atoms with E-state index in [1.54, 1.807) is 0 Å². The van der Waals surface area contributed by atoms with E-state index in [1.807, 2.05) is 36.4 Å². The van der Waals surface area contributed by atoms with E-state index in [1.165, 1.54) is 18.7 Å². The monoisotopic (exact) mass is 393 g/mol. The number of likely N-dealkylation sites (tertiary alicyclic amines) is 1. The number of hydrogen-bond donors (Lipinski definition) is 1. The highest BCUT2D eigenvalue weighted by Crippen LogP contribution is 2.34. The van der Waals surface area contributed by atoms with Gasteiger partial charge in [-0.25, -0.2) is 0 Å². The molecule has 2 aromatic rings. The summed E-state index contributed by atoms with van der Waals surface area (Å²) >= 11 is 0. The van der Waals surface area contributed by atoms with Crippen molar-refractivity contribution in [3.63, 3.8) is 0 Å². The van der Waals surface area contributed by atoms with Gasteiger partial charge in [0, 0.05) is 42.6 Å². The first-order chi connectivity index (χ1) is 14.1. The second kappa shape index (κ2) is 8.87. The molecule has 5 nitrogen and oxygen atoms in total. The van der Waals surface area contributed by atoms with E-state index in [9.17, 15) is 4.79 Å². The third-order valence-electron chi connectivity index (χ3n) is 6.07. The Kier molecular flexibility index (Phi) is 6.05. The molecule has 4 rings (SSSR count). The van der Waals surface area contributed by atoms with Crippen molar-refractivity contribution in [1.82, 2.24) is 4.90 Å². The van der Waals surface area contributed by atoms with Gasteiger partial charge in [-0.05, 0) is 74.3 Å². The number of amides is 1. The van der Waals surface area contributed by atoms with Gasteiger partial charge < -0.3 is 19.9 Å². The number of likely N-dealkylation sites (N-methyl/N-ethyl adjacent to an activating group) is 1. The lowest BCUT2D eigenvalue weighted by Crippen LogP contribution is -2.34. The first-order valence-electron chi connectivity index (χ1n) is 10.7. The summed E-state index contributed by atoms with van der Waals surface area (Å²) < 4.78 is 5.66. The fraction of sp³-hybridized carbons (Fsp3) is 0.458. The standard InChI is InChI=1S/C24H31N3O2/c1-3-4-15-29-22-11-5-18(6-12-22)24(28)25-20-7-9-21(10-8-20)27-14-13-19-16-26(2)17-23(19)27/h5-12,19,23H,3-4,13-17H2,1-2H3,(H,25,28)/t19-,23+/m1/s1. The number of nitrogens with zero attached hydrogens (tertiary/aromatic N) is 2. The van der Waals surface area contributed by atoms with E-state index >= 15 is 0 Å². The lowest BCUT2D eigenvalue weighted by Gasteiger charge is -2.26. The number of carbonyl (C=O) groups excluding carboxylic acids is 1. The summed E-state index contributed by atoms with van der Waals surface area (Å²) in [6.45, 7) is 6.32. The summed E-state index contributed by atoms with van der Waals surface area (Å²) in [5.74, 6) is 1.49. The topological polar surface area (TPSA) is 44.8 Å². The van der Waals surface area contributed by atoms with Crippen molar-refractivity contribution in [2.24, 2.45) is 5.92 Å². The summed E-state index contributed by atoms with van der Waals surface area (Å²) in [5.41, 5.74) is 2.70. The predicted molar refractivity (Wildman–Crippen MR) is 118 cm³/mol. The maximum atomic E-state index is 12.5. The number of carbonyl (C=O) groups is 1. The summed E-state index contributed by atoms with van der Waals surface area (Å²) in [5, 5.41) is 2.99. The van der Waals surface area contributed by atoms with Crippen molar-refractivity contribution in [2.75, 3.05) is 43.5 Å². The first-order valence-corrected chi connectivity index (χ1v) is 10.7. The molecular weight excluding hydrogens is 362 g/mol. The highest BCUT2D eigenvalue weighted by molar-refractivity contribution is 6.04. The Labute approximate surface area is 173 Å². The number of ether oxygens (including phenoxy) is 1. The Morgan fingerprint density at radius 1 is 1.10 bits per heavy atom. The molecule has 2 aliphatic heterocycles. The fourth-order valence-corrected chi connectivity index (χ4v) is 4.47. The number of fused-ring (bicyclic) bond motifs is 1. The highest BCUT2D eigenvalue weighted by atomic mass is 16.5. The van der Waals surface area contributed by atoms with Crippen LogP contribution in [-0.2, 0) is 0 Å². The number of unbranched alkanes of at least 4 members (excludes halogenated alkanes) is 1. The van der Waals surface area contributed by atoms with Crippen LogP contribution in [0.1, 0.15) is 36.5 Å². The van der Waals surface area contributed by atoms with Crippen molar-refractivity contribution < 1.29 is 9.53 Å². The SMILES string of the molecule is CCCCOc1ccc(C(=O)Nc2ccc(N3CC[C@@H]4CN(C)C[C@@H]43)cc2)cc1. The van der Waals surface area contributed by atoms with E-state index in [2.05, 4.69) is 41.2 Å². The first kappa shape index (κ1) is 19.8. The minimum atomic E-state index is -0.100. The number of hydrogen-bond acceptors (Lipinski definition) is 4. The lowest BCUT2D eigenvalue weighted by molar-refractivity contribution is 0.102. The van der Waals surface area contributed by atoms with Gasteiger partial charge in [0.25, 0.3) is 5.91 Å². The van der Waals surface area contributed by atoms with Crippen LogP contribution >= 0.6 is 0 Å². The van der Waals surface area contributed by atoms with E-state index in [-0.39, 0.29) is 5.91 Å². The van der Waals surface area contributed by atoms with Gasteiger partial charge in [0.1, 0.15) is 5.75 Å². The quantitative estimate of drug-likeness (QED) is 0.714. The van der Waals surface area contributed by atoms with Gasteiger partial charge in [0.15, 0.2) is 0 Å². The van der Waals surface area contributed by atoms with Crippen LogP contribution in [0.15, 0.2) is 48.5 Å². The Hall–Kier alpha value is -2.53. The van der Waals surface area contributed by atoms with Gasteiger partial charge >= 0.3 is 0 Å². The van der Waals surface area contributed by atoms with E-state index in [4.69, 9.17) is 4.74 Å². The summed E-state index contributed by atoms with van der Waals surface area (Å²) in [6, 6.07) is 16.2. The van der Waals surface area contributed by atoms with E-state index in [0.29, 0.717) is 18.2 Å². The fourth-order valence-electron chi connectivity index (χ4n) is 4.47. The Morgan fingerprint density at radius 3 is 2.59 bits per heavy atom. The third kappa shape index (κ3) is 4.56.